The SMILES string of the molecule is CC1=NC=C(O)C=C=C1. The normalized spacial score (nSPS) is 16.6. The van der Waals surface area contributed by atoms with E-state index in [1.807, 2.05) is 6.92 Å². The number of hydrogen-bond donors (Lipinski definition) is 1. The number of allylic oxidation sites excluding steroid dienone is 1. The largest absolute Gasteiger partial charge is 0.506 e. The second-order valence-electron chi connectivity index (χ2n) is 1.78. The second kappa shape index (κ2) is 2.33. The second-order valence-corrected chi connectivity index (χ2v) is 1.78. The van der Waals surface area contributed by atoms with E-state index in [1.165, 1.54) is 12.3 Å². The van der Waals surface area contributed by atoms with Crippen molar-refractivity contribution in [3.05, 3.63) is 29.8 Å². The fraction of sp³-hybridized carbons (Fsp3) is 0.143. The Morgan fingerprint density at radius 2 is 2.33 bits per heavy atom. The number of aliphatic hydroxyl groups excluding tert-OH is 1. The Kier molecular flexibility index (Phi) is 1.52. The van der Waals surface area contributed by atoms with E-state index in [0.717, 1.165) is 5.71 Å². The Labute approximate surface area is 53.5 Å². The molecule has 2 heteroatoms. The van der Waals surface area contributed by atoms with Gasteiger partial charge in [0.2, 0.25) is 0 Å². The van der Waals surface area contributed by atoms with Crippen LogP contribution in [-0.4, -0.2) is 10.8 Å². The molecule has 1 N–H and O–H groups in total. The zero-order valence-electron chi connectivity index (χ0n) is 5.13. The molecule has 0 saturated heterocycles. The lowest BCUT2D eigenvalue weighted by Crippen LogP contribution is -1.78. The van der Waals surface area contributed by atoms with Crippen LogP contribution in [-0.2, 0) is 0 Å². The average molecular weight is 121 g/mol. The van der Waals surface area contributed by atoms with Gasteiger partial charge in [-0.3, -0.25) is 4.99 Å². The van der Waals surface area contributed by atoms with Crippen molar-refractivity contribution in [2.45, 2.75) is 6.92 Å². The first-order valence-corrected chi connectivity index (χ1v) is 2.65. The van der Waals surface area contributed by atoms with Gasteiger partial charge >= 0.3 is 0 Å². The fourth-order valence-corrected chi connectivity index (χ4v) is 0.490. The zero-order chi connectivity index (χ0) is 6.69. The molecule has 0 aromatic rings. The topological polar surface area (TPSA) is 32.6 Å². The van der Waals surface area contributed by atoms with Crippen molar-refractivity contribution in [3.63, 3.8) is 0 Å². The molecule has 1 heterocycles. The average Bonchev–Trinajstić information content (AvgIpc) is 1.97. The van der Waals surface area contributed by atoms with Gasteiger partial charge in [-0.2, -0.15) is 0 Å². The van der Waals surface area contributed by atoms with Crippen LogP contribution < -0.4 is 0 Å². The summed E-state index contributed by atoms with van der Waals surface area (Å²) in [6, 6.07) is 0. The minimum Gasteiger partial charge on any atom is -0.506 e. The van der Waals surface area contributed by atoms with E-state index in [0.29, 0.717) is 0 Å². The van der Waals surface area contributed by atoms with Gasteiger partial charge in [-0.05, 0) is 6.92 Å². The molecule has 0 spiro atoms. The molecule has 0 radical (unpaired) electrons. The van der Waals surface area contributed by atoms with E-state index < -0.39 is 0 Å². The lowest BCUT2D eigenvalue weighted by Gasteiger charge is -1.82. The molecule has 0 atom stereocenters. The predicted molar refractivity (Wildman–Crippen MR) is 36.5 cm³/mol. The number of rotatable bonds is 0. The summed E-state index contributed by atoms with van der Waals surface area (Å²) < 4.78 is 0. The van der Waals surface area contributed by atoms with E-state index in [1.54, 1.807) is 6.08 Å². The van der Waals surface area contributed by atoms with Gasteiger partial charge in [-0.25, -0.2) is 0 Å². The third kappa shape index (κ3) is 1.59. The Bertz CT molecular complexity index is 207. The lowest BCUT2D eigenvalue weighted by molar-refractivity contribution is 0.431. The predicted octanol–water partition coefficient (Wildman–Crippen LogP) is 1.57. The molecule has 9 heavy (non-hydrogen) atoms. The number of nitrogens with zero attached hydrogens (tertiary/aromatic N) is 1. The fourth-order valence-electron chi connectivity index (χ4n) is 0.490. The first-order chi connectivity index (χ1) is 4.29. The van der Waals surface area contributed by atoms with Crippen molar-refractivity contribution in [2.24, 2.45) is 4.99 Å². The molecule has 1 aliphatic rings. The first-order valence-electron chi connectivity index (χ1n) is 2.65. The van der Waals surface area contributed by atoms with E-state index in [9.17, 15) is 0 Å². The van der Waals surface area contributed by atoms with Crippen LogP contribution in [0.15, 0.2) is 34.8 Å². The number of aliphatic imine (C=N–C) groups is 1. The summed E-state index contributed by atoms with van der Waals surface area (Å²) in [6.07, 6.45) is 4.57. The van der Waals surface area contributed by atoms with E-state index >= 15 is 0 Å². The van der Waals surface area contributed by atoms with Crippen LogP contribution in [0.4, 0.5) is 0 Å². The van der Waals surface area contributed by atoms with E-state index in [2.05, 4.69) is 10.7 Å². The van der Waals surface area contributed by atoms with Gasteiger partial charge in [0.05, 0.1) is 6.20 Å². The van der Waals surface area contributed by atoms with Crippen molar-refractivity contribution in [2.75, 3.05) is 0 Å². The summed E-state index contributed by atoms with van der Waals surface area (Å²) in [5.74, 6) is 0.142. The molecular weight excluding hydrogens is 114 g/mol. The quantitative estimate of drug-likeness (QED) is 0.485. The Morgan fingerprint density at radius 1 is 1.56 bits per heavy atom. The van der Waals surface area contributed by atoms with Gasteiger partial charge in [-0.15, -0.1) is 5.73 Å². The van der Waals surface area contributed by atoms with Crippen molar-refractivity contribution in [1.29, 1.82) is 0 Å². The molecule has 46 valence electrons. The van der Waals surface area contributed by atoms with Gasteiger partial charge in [0.15, 0.2) is 0 Å². The molecule has 0 fully saturated rings. The highest BCUT2D eigenvalue weighted by Crippen LogP contribution is 1.95. The highest BCUT2D eigenvalue weighted by Gasteiger charge is 1.86. The Hall–Kier alpha value is -1.27. The van der Waals surface area contributed by atoms with Crippen LogP contribution >= 0.6 is 0 Å². The molecule has 0 aromatic carbocycles. The maximum absolute atomic E-state index is 8.82. The molecule has 2 nitrogen and oxygen atoms in total. The van der Waals surface area contributed by atoms with Crippen molar-refractivity contribution < 1.29 is 5.11 Å². The lowest BCUT2D eigenvalue weighted by atomic mass is 10.4. The summed E-state index contributed by atoms with van der Waals surface area (Å²) in [7, 11) is 0. The third-order valence-corrected chi connectivity index (χ3v) is 0.924. The maximum atomic E-state index is 8.82. The molecular formula is C7H7NO. The Morgan fingerprint density at radius 3 is 3.11 bits per heavy atom. The van der Waals surface area contributed by atoms with Gasteiger partial charge in [0, 0.05) is 17.9 Å². The monoisotopic (exact) mass is 121 g/mol. The van der Waals surface area contributed by atoms with Crippen molar-refractivity contribution in [1.82, 2.24) is 0 Å². The first kappa shape index (κ1) is 5.86. The van der Waals surface area contributed by atoms with Crippen LogP contribution in [0.1, 0.15) is 6.92 Å². The van der Waals surface area contributed by atoms with Crippen LogP contribution in [0.2, 0.25) is 0 Å². The molecule has 1 aliphatic heterocycles. The molecule has 0 aliphatic carbocycles. The maximum Gasteiger partial charge on any atom is 0.141 e. The molecule has 0 aromatic heterocycles. The number of aliphatic hydroxyl groups is 1. The number of hydrogen-bond acceptors (Lipinski definition) is 2. The Balaban J connectivity index is 3.00. The summed E-state index contributed by atoms with van der Waals surface area (Å²) in [5.41, 5.74) is 3.59. The van der Waals surface area contributed by atoms with Crippen LogP contribution in [0.25, 0.3) is 0 Å². The standard InChI is InChI=1S/C7H7NO/c1-6-3-2-4-7(9)5-8-6/h3-5,9H,1H3. The molecule has 0 bridgehead atoms. The third-order valence-electron chi connectivity index (χ3n) is 0.924. The molecule has 0 unspecified atom stereocenters. The van der Waals surface area contributed by atoms with Crippen LogP contribution in [0.3, 0.4) is 0 Å². The summed E-state index contributed by atoms with van der Waals surface area (Å²) >= 11 is 0. The zero-order valence-corrected chi connectivity index (χ0v) is 5.13. The minimum absolute atomic E-state index is 0.142. The van der Waals surface area contributed by atoms with Crippen LogP contribution in [0.5, 0.6) is 0 Å². The van der Waals surface area contributed by atoms with Gasteiger partial charge in [0.25, 0.3) is 0 Å². The molecule has 1 rings (SSSR count). The van der Waals surface area contributed by atoms with Gasteiger partial charge in [0.1, 0.15) is 5.76 Å². The van der Waals surface area contributed by atoms with Crippen LogP contribution in [0, 0.1) is 0 Å². The summed E-state index contributed by atoms with van der Waals surface area (Å²) in [4.78, 5) is 3.86. The van der Waals surface area contributed by atoms with E-state index in [4.69, 9.17) is 5.11 Å². The highest BCUT2D eigenvalue weighted by atomic mass is 16.3. The molecule has 0 saturated carbocycles. The molecule has 0 amide bonds. The summed E-state index contributed by atoms with van der Waals surface area (Å²) in [5, 5.41) is 8.82. The van der Waals surface area contributed by atoms with Crippen molar-refractivity contribution in [3.8, 4) is 0 Å². The minimum atomic E-state index is 0.142. The smallest absolute Gasteiger partial charge is 0.141 e. The van der Waals surface area contributed by atoms with E-state index in [-0.39, 0.29) is 5.76 Å². The van der Waals surface area contributed by atoms with Gasteiger partial charge in [-0.1, -0.05) is 0 Å². The van der Waals surface area contributed by atoms with Gasteiger partial charge < -0.3 is 5.11 Å². The highest BCUT2D eigenvalue weighted by molar-refractivity contribution is 5.93. The van der Waals surface area contributed by atoms with Crippen molar-refractivity contribution >= 4 is 5.71 Å². The summed E-state index contributed by atoms with van der Waals surface area (Å²) in [6.45, 7) is 1.84.